The lowest BCUT2D eigenvalue weighted by atomic mass is 10.1. The fraction of sp³-hybridized carbons (Fsp3) is 0.111. The molecule has 1 N–H and O–H groups in total. The van der Waals surface area contributed by atoms with Gasteiger partial charge in [-0.1, -0.05) is 18.2 Å². The molecule has 0 bridgehead atoms. The van der Waals surface area contributed by atoms with Crippen LogP contribution in [-0.4, -0.2) is 25.7 Å². The predicted octanol–water partition coefficient (Wildman–Crippen LogP) is 5.59. The second-order valence-electron chi connectivity index (χ2n) is 7.95. The molecule has 7 nitrogen and oxygen atoms in total. The van der Waals surface area contributed by atoms with Crippen LogP contribution in [0.25, 0.3) is 10.6 Å². The van der Waals surface area contributed by atoms with Crippen LogP contribution < -0.4 is 10.1 Å². The molecular formula is C27H23N5O2S. The van der Waals surface area contributed by atoms with Crippen molar-refractivity contribution < 1.29 is 9.53 Å². The van der Waals surface area contributed by atoms with Gasteiger partial charge in [-0.2, -0.15) is 5.10 Å². The highest BCUT2D eigenvalue weighted by molar-refractivity contribution is 7.15. The number of hydrogen-bond acceptors (Lipinski definition) is 6. The maximum Gasteiger partial charge on any atom is 0.255 e. The second kappa shape index (κ2) is 10.3. The van der Waals surface area contributed by atoms with Gasteiger partial charge < -0.3 is 10.1 Å². The minimum Gasteiger partial charge on any atom is -0.487 e. The lowest BCUT2D eigenvalue weighted by molar-refractivity contribution is 0.102. The van der Waals surface area contributed by atoms with Crippen molar-refractivity contribution in [1.82, 2.24) is 19.7 Å². The van der Waals surface area contributed by atoms with Crippen LogP contribution in [0.4, 0.5) is 5.69 Å². The van der Waals surface area contributed by atoms with E-state index in [0.29, 0.717) is 24.5 Å². The van der Waals surface area contributed by atoms with Crippen LogP contribution in [0.15, 0.2) is 91.5 Å². The number of pyridine rings is 1. The zero-order chi connectivity index (χ0) is 24.0. The molecule has 0 aliphatic heterocycles. The Balaban J connectivity index is 1.24. The quantitative estimate of drug-likeness (QED) is 0.312. The van der Waals surface area contributed by atoms with Gasteiger partial charge in [0, 0.05) is 46.5 Å². The van der Waals surface area contributed by atoms with Crippen LogP contribution in [0.1, 0.15) is 26.5 Å². The van der Waals surface area contributed by atoms with E-state index in [1.807, 2.05) is 66.5 Å². The first-order chi connectivity index (χ1) is 17.1. The summed E-state index contributed by atoms with van der Waals surface area (Å²) in [5.74, 6) is 0.500. The van der Waals surface area contributed by atoms with Gasteiger partial charge >= 0.3 is 0 Å². The number of anilines is 1. The van der Waals surface area contributed by atoms with Gasteiger partial charge in [-0.25, -0.2) is 4.98 Å². The van der Waals surface area contributed by atoms with Gasteiger partial charge in [-0.15, -0.1) is 11.3 Å². The number of benzene rings is 2. The van der Waals surface area contributed by atoms with Gasteiger partial charge in [0.15, 0.2) is 0 Å². The molecule has 1 amide bonds. The lowest BCUT2D eigenvalue weighted by Crippen LogP contribution is -2.12. The number of hydrogen-bond donors (Lipinski definition) is 1. The second-order valence-corrected chi connectivity index (χ2v) is 9.07. The van der Waals surface area contributed by atoms with Crippen LogP contribution in [0.3, 0.4) is 0 Å². The number of carbonyl (C=O) groups excluding carboxylic acids is 1. The van der Waals surface area contributed by atoms with Gasteiger partial charge in [0.2, 0.25) is 0 Å². The maximum absolute atomic E-state index is 12.9. The predicted molar refractivity (Wildman–Crippen MR) is 137 cm³/mol. The van der Waals surface area contributed by atoms with Crippen LogP contribution in [0, 0.1) is 6.92 Å². The van der Waals surface area contributed by atoms with E-state index in [2.05, 4.69) is 20.4 Å². The molecule has 3 aromatic heterocycles. The van der Waals surface area contributed by atoms with Crippen LogP contribution in [0.5, 0.6) is 5.75 Å². The van der Waals surface area contributed by atoms with Gasteiger partial charge in [-0.3, -0.25) is 14.5 Å². The Labute approximate surface area is 207 Å². The van der Waals surface area contributed by atoms with Crippen molar-refractivity contribution in [2.24, 2.45) is 0 Å². The van der Waals surface area contributed by atoms with E-state index < -0.39 is 0 Å². The molecule has 0 saturated heterocycles. The summed E-state index contributed by atoms with van der Waals surface area (Å²) in [6.07, 6.45) is 7.30. The molecule has 2 aromatic carbocycles. The molecule has 0 fully saturated rings. The van der Waals surface area contributed by atoms with E-state index in [9.17, 15) is 4.79 Å². The summed E-state index contributed by atoms with van der Waals surface area (Å²) in [6.45, 7) is 3.03. The summed E-state index contributed by atoms with van der Waals surface area (Å²) < 4.78 is 7.63. The topological polar surface area (TPSA) is 81.9 Å². The molecule has 0 aliphatic carbocycles. The summed E-state index contributed by atoms with van der Waals surface area (Å²) in [5, 5.41) is 8.18. The maximum atomic E-state index is 12.9. The van der Waals surface area contributed by atoms with E-state index in [1.54, 1.807) is 48.0 Å². The van der Waals surface area contributed by atoms with Crippen molar-refractivity contribution in [3.8, 4) is 16.3 Å². The Morgan fingerprint density at radius 3 is 2.69 bits per heavy atom. The number of aromatic nitrogens is 4. The Morgan fingerprint density at radius 2 is 1.91 bits per heavy atom. The normalized spacial score (nSPS) is 10.8. The molecule has 0 saturated carbocycles. The number of nitrogens with zero attached hydrogens (tertiary/aromatic N) is 4. The fourth-order valence-electron chi connectivity index (χ4n) is 3.50. The number of rotatable bonds is 8. The highest BCUT2D eigenvalue weighted by Gasteiger charge is 2.12. The molecular weight excluding hydrogens is 458 g/mol. The first-order valence-corrected chi connectivity index (χ1v) is 11.9. The Bertz CT molecular complexity index is 1410. The van der Waals surface area contributed by atoms with Crippen molar-refractivity contribution in [2.75, 3.05) is 5.32 Å². The van der Waals surface area contributed by atoms with Gasteiger partial charge in [-0.05, 0) is 61.0 Å². The third-order valence-electron chi connectivity index (χ3n) is 5.39. The number of thiazole rings is 1. The Hall–Kier alpha value is -4.30. The standard InChI is InChI=1S/C27H23N5O2S/c1-19-6-7-21(27-29-16-24(35-27)17-32-14-4-13-30-32)15-25(19)31-26(33)20-8-10-23(11-9-20)34-18-22-5-2-3-12-28-22/h2-16H,17-18H2,1H3,(H,31,33). The minimum atomic E-state index is -0.181. The highest BCUT2D eigenvalue weighted by atomic mass is 32.1. The van der Waals surface area contributed by atoms with Gasteiger partial charge in [0.1, 0.15) is 17.4 Å². The molecule has 0 atom stereocenters. The van der Waals surface area contributed by atoms with Gasteiger partial charge in [0.05, 0.1) is 12.2 Å². The molecule has 5 aromatic rings. The van der Waals surface area contributed by atoms with Crippen LogP contribution in [-0.2, 0) is 13.2 Å². The summed E-state index contributed by atoms with van der Waals surface area (Å²) in [7, 11) is 0. The van der Waals surface area contributed by atoms with Crippen LogP contribution >= 0.6 is 11.3 Å². The van der Waals surface area contributed by atoms with Crippen molar-refractivity contribution in [3.63, 3.8) is 0 Å². The van der Waals surface area contributed by atoms with Gasteiger partial charge in [0.25, 0.3) is 5.91 Å². The average Bonchev–Trinajstić information content (AvgIpc) is 3.58. The lowest BCUT2D eigenvalue weighted by Gasteiger charge is -2.11. The zero-order valence-corrected chi connectivity index (χ0v) is 19.9. The number of amides is 1. The average molecular weight is 482 g/mol. The number of nitrogens with one attached hydrogen (secondary N) is 1. The highest BCUT2D eigenvalue weighted by Crippen LogP contribution is 2.29. The Kier molecular flexibility index (Phi) is 6.63. The molecule has 3 heterocycles. The summed E-state index contributed by atoms with van der Waals surface area (Å²) in [6, 6.07) is 20.7. The molecule has 0 spiro atoms. The third kappa shape index (κ3) is 5.62. The van der Waals surface area contributed by atoms with Crippen molar-refractivity contribution in [3.05, 3.63) is 113 Å². The summed E-state index contributed by atoms with van der Waals surface area (Å²) in [4.78, 5) is 22.8. The van der Waals surface area contributed by atoms with Crippen molar-refractivity contribution in [1.29, 1.82) is 0 Å². The van der Waals surface area contributed by atoms with E-state index in [4.69, 9.17) is 4.74 Å². The van der Waals surface area contributed by atoms with Crippen molar-refractivity contribution >= 4 is 22.9 Å². The molecule has 0 radical (unpaired) electrons. The van der Waals surface area contributed by atoms with E-state index >= 15 is 0 Å². The van der Waals surface area contributed by atoms with Crippen LogP contribution in [0.2, 0.25) is 0 Å². The molecule has 5 rings (SSSR count). The minimum absolute atomic E-state index is 0.181. The SMILES string of the molecule is Cc1ccc(-c2ncc(Cn3cccn3)s2)cc1NC(=O)c1ccc(OCc2ccccn2)cc1. The summed E-state index contributed by atoms with van der Waals surface area (Å²) >= 11 is 1.62. The Morgan fingerprint density at radius 1 is 1.03 bits per heavy atom. The summed E-state index contributed by atoms with van der Waals surface area (Å²) in [5.41, 5.74) is 4.09. The molecule has 0 unspecified atom stereocenters. The van der Waals surface area contributed by atoms with E-state index in [1.165, 1.54) is 0 Å². The zero-order valence-electron chi connectivity index (χ0n) is 19.1. The number of carbonyl (C=O) groups is 1. The fourth-order valence-corrected chi connectivity index (χ4v) is 4.40. The number of ether oxygens (including phenoxy) is 1. The van der Waals surface area contributed by atoms with Crippen molar-refractivity contribution in [2.45, 2.75) is 20.1 Å². The largest absolute Gasteiger partial charge is 0.487 e. The molecule has 8 heteroatoms. The molecule has 174 valence electrons. The van der Waals surface area contributed by atoms with E-state index in [-0.39, 0.29) is 5.91 Å². The molecule has 0 aliphatic rings. The smallest absolute Gasteiger partial charge is 0.255 e. The molecule has 35 heavy (non-hydrogen) atoms. The first kappa shape index (κ1) is 22.5. The van der Waals surface area contributed by atoms with E-state index in [0.717, 1.165) is 32.4 Å². The first-order valence-electron chi connectivity index (χ1n) is 11.1. The monoisotopic (exact) mass is 481 g/mol. The number of aryl methyl sites for hydroxylation is 1. The third-order valence-corrected chi connectivity index (χ3v) is 6.42.